The van der Waals surface area contributed by atoms with Crippen LogP contribution in [-0.4, -0.2) is 17.6 Å². The summed E-state index contributed by atoms with van der Waals surface area (Å²) in [6, 6.07) is 22.2. The lowest BCUT2D eigenvalue weighted by Crippen LogP contribution is -2.40. The van der Waals surface area contributed by atoms with Gasteiger partial charge in [0.1, 0.15) is 12.4 Å². The fourth-order valence-corrected chi connectivity index (χ4v) is 6.27. The van der Waals surface area contributed by atoms with Crippen molar-refractivity contribution in [1.82, 2.24) is 4.57 Å². The van der Waals surface area contributed by atoms with Gasteiger partial charge in [-0.15, -0.1) is 0 Å². The maximum atomic E-state index is 13.8. The maximum absolute atomic E-state index is 13.8. The molecule has 198 valence electrons. The third kappa shape index (κ3) is 5.73. The van der Waals surface area contributed by atoms with E-state index in [2.05, 4.69) is 22.6 Å². The molecule has 2 heterocycles. The standard InChI is InChI=1S/C30H24ClIN2O4S/c1-3-23-26(29(36)37-2)27(20-7-5-4-6-8-20)34-28(35)25(39-30(34)33-23)16-19-11-14-24(22(32)15-19)38-17-18-9-12-21(31)13-10-18/h4-16,27H,3,17H2,1-2H3/b25-16-/t27-/m0/s1. The molecular weight excluding hydrogens is 647 g/mol. The molecule has 4 aromatic rings. The highest BCUT2D eigenvalue weighted by atomic mass is 127. The first kappa shape index (κ1) is 27.4. The van der Waals surface area contributed by atoms with Gasteiger partial charge in [0.15, 0.2) is 4.80 Å². The Hall–Kier alpha value is -3.21. The van der Waals surface area contributed by atoms with Gasteiger partial charge in [0.2, 0.25) is 0 Å². The van der Waals surface area contributed by atoms with Crippen molar-refractivity contribution in [2.24, 2.45) is 4.99 Å². The van der Waals surface area contributed by atoms with Gasteiger partial charge in [-0.1, -0.05) is 78.4 Å². The molecule has 0 fully saturated rings. The van der Waals surface area contributed by atoms with Crippen LogP contribution < -0.4 is 19.6 Å². The summed E-state index contributed by atoms with van der Waals surface area (Å²) >= 11 is 9.51. The van der Waals surface area contributed by atoms with Crippen molar-refractivity contribution in [3.8, 4) is 5.75 Å². The summed E-state index contributed by atoms with van der Waals surface area (Å²) in [7, 11) is 1.35. The molecule has 0 unspecified atom stereocenters. The van der Waals surface area contributed by atoms with Crippen molar-refractivity contribution < 1.29 is 14.3 Å². The smallest absolute Gasteiger partial charge is 0.338 e. The third-order valence-electron chi connectivity index (χ3n) is 6.33. The predicted octanol–water partition coefficient (Wildman–Crippen LogP) is 5.64. The van der Waals surface area contributed by atoms with Crippen molar-refractivity contribution >= 4 is 57.6 Å². The number of hydrogen-bond acceptors (Lipinski definition) is 6. The number of ether oxygens (including phenoxy) is 2. The molecule has 0 aliphatic carbocycles. The van der Waals surface area contributed by atoms with Crippen LogP contribution in [0.15, 0.2) is 93.9 Å². The van der Waals surface area contributed by atoms with Crippen LogP contribution in [0, 0.1) is 3.57 Å². The highest BCUT2D eigenvalue weighted by Gasteiger charge is 2.33. The molecule has 0 amide bonds. The zero-order valence-electron chi connectivity index (χ0n) is 21.2. The van der Waals surface area contributed by atoms with Crippen LogP contribution in [0.4, 0.5) is 0 Å². The van der Waals surface area contributed by atoms with Gasteiger partial charge in [0.25, 0.3) is 5.56 Å². The van der Waals surface area contributed by atoms with E-state index in [1.165, 1.54) is 18.4 Å². The number of esters is 1. The van der Waals surface area contributed by atoms with E-state index in [0.29, 0.717) is 38.7 Å². The molecule has 6 nitrogen and oxygen atoms in total. The zero-order chi connectivity index (χ0) is 27.5. The van der Waals surface area contributed by atoms with Crippen LogP contribution in [0.25, 0.3) is 6.08 Å². The third-order valence-corrected chi connectivity index (χ3v) is 8.40. The van der Waals surface area contributed by atoms with E-state index in [0.717, 1.165) is 26.0 Å². The monoisotopic (exact) mass is 670 g/mol. The lowest BCUT2D eigenvalue weighted by molar-refractivity contribution is -0.136. The van der Waals surface area contributed by atoms with Crippen molar-refractivity contribution in [2.45, 2.75) is 26.0 Å². The normalized spacial score (nSPS) is 15.1. The number of nitrogens with zero attached hydrogens (tertiary/aromatic N) is 2. The van der Waals surface area contributed by atoms with Crippen LogP contribution in [0.2, 0.25) is 5.02 Å². The summed E-state index contributed by atoms with van der Waals surface area (Å²) in [5.41, 5.74) is 3.52. The second-order valence-electron chi connectivity index (χ2n) is 8.80. The molecule has 3 aromatic carbocycles. The molecule has 0 radical (unpaired) electrons. The Morgan fingerprint density at radius 1 is 1.13 bits per heavy atom. The summed E-state index contributed by atoms with van der Waals surface area (Å²) < 4.78 is 14.2. The van der Waals surface area contributed by atoms with Crippen LogP contribution >= 0.6 is 45.5 Å². The lowest BCUT2D eigenvalue weighted by Gasteiger charge is -2.25. The van der Waals surface area contributed by atoms with Gasteiger partial charge >= 0.3 is 5.97 Å². The Morgan fingerprint density at radius 2 is 1.87 bits per heavy atom. The van der Waals surface area contributed by atoms with Crippen molar-refractivity contribution in [2.75, 3.05) is 7.11 Å². The summed E-state index contributed by atoms with van der Waals surface area (Å²) in [5.74, 6) is 0.269. The summed E-state index contributed by atoms with van der Waals surface area (Å²) in [6.45, 7) is 2.36. The summed E-state index contributed by atoms with van der Waals surface area (Å²) in [6.07, 6.45) is 2.39. The van der Waals surface area contributed by atoms with E-state index in [4.69, 9.17) is 26.1 Å². The fraction of sp³-hybridized carbons (Fsp3) is 0.167. The number of thiazole rings is 1. The molecule has 0 N–H and O–H groups in total. The fourth-order valence-electron chi connectivity index (χ4n) is 4.43. The second-order valence-corrected chi connectivity index (χ2v) is 11.4. The van der Waals surface area contributed by atoms with Crippen molar-refractivity contribution in [3.63, 3.8) is 0 Å². The van der Waals surface area contributed by atoms with E-state index in [9.17, 15) is 9.59 Å². The number of allylic oxidation sites excluding steroid dienone is 1. The predicted molar refractivity (Wildman–Crippen MR) is 162 cm³/mol. The summed E-state index contributed by atoms with van der Waals surface area (Å²) in [4.78, 5) is 31.9. The number of methoxy groups -OCH3 is 1. The van der Waals surface area contributed by atoms with Gasteiger partial charge in [-0.2, -0.15) is 0 Å². The van der Waals surface area contributed by atoms with Gasteiger partial charge in [0.05, 0.1) is 32.5 Å². The number of carbonyl (C=O) groups is 1. The Morgan fingerprint density at radius 3 is 2.54 bits per heavy atom. The number of hydrogen-bond donors (Lipinski definition) is 0. The number of fused-ring (bicyclic) bond motifs is 1. The Bertz CT molecular complexity index is 1740. The van der Waals surface area contributed by atoms with E-state index in [1.54, 1.807) is 4.57 Å². The van der Waals surface area contributed by atoms with Gasteiger partial charge in [0, 0.05) is 5.02 Å². The van der Waals surface area contributed by atoms with Crippen LogP contribution in [-0.2, 0) is 16.1 Å². The quantitative estimate of drug-likeness (QED) is 0.189. The topological polar surface area (TPSA) is 69.9 Å². The number of rotatable bonds is 7. The first-order valence-corrected chi connectivity index (χ1v) is 14.5. The maximum Gasteiger partial charge on any atom is 0.338 e. The summed E-state index contributed by atoms with van der Waals surface area (Å²) in [5, 5.41) is 0.686. The zero-order valence-corrected chi connectivity index (χ0v) is 24.9. The highest BCUT2D eigenvalue weighted by molar-refractivity contribution is 14.1. The molecule has 1 aromatic heterocycles. The van der Waals surface area contributed by atoms with Gasteiger partial charge in [-0.3, -0.25) is 9.36 Å². The molecule has 0 saturated heterocycles. The Kier molecular flexibility index (Phi) is 8.34. The minimum absolute atomic E-state index is 0.206. The van der Waals surface area contributed by atoms with Crippen LogP contribution in [0.5, 0.6) is 5.75 Å². The number of carbonyl (C=O) groups excluding carboxylic acids is 1. The van der Waals surface area contributed by atoms with Crippen molar-refractivity contribution in [1.29, 1.82) is 0 Å². The second kappa shape index (κ2) is 11.9. The molecule has 1 aliphatic rings. The Labute approximate surface area is 248 Å². The first-order valence-electron chi connectivity index (χ1n) is 12.2. The van der Waals surface area contributed by atoms with E-state index in [-0.39, 0.29) is 5.56 Å². The Balaban J connectivity index is 1.53. The van der Waals surface area contributed by atoms with E-state index >= 15 is 0 Å². The molecule has 5 rings (SSSR count). The average molecular weight is 671 g/mol. The number of benzene rings is 3. The minimum atomic E-state index is -0.615. The van der Waals surface area contributed by atoms with Gasteiger partial charge in [-0.05, 0) is 76.0 Å². The molecular formula is C30H24ClIN2O4S. The molecule has 1 aliphatic heterocycles. The van der Waals surface area contributed by atoms with E-state index in [1.807, 2.05) is 85.8 Å². The molecule has 0 spiro atoms. The van der Waals surface area contributed by atoms with Gasteiger partial charge in [-0.25, -0.2) is 9.79 Å². The SMILES string of the molecule is CCC1=C(C(=O)OC)[C@H](c2ccccc2)n2c(s/c(=C\c3ccc(OCc4ccc(Cl)cc4)c(I)c3)c2=O)=N1. The minimum Gasteiger partial charge on any atom is -0.488 e. The number of aromatic nitrogens is 1. The molecule has 1 atom stereocenters. The molecule has 39 heavy (non-hydrogen) atoms. The largest absolute Gasteiger partial charge is 0.488 e. The lowest BCUT2D eigenvalue weighted by atomic mass is 9.95. The highest BCUT2D eigenvalue weighted by Crippen LogP contribution is 2.31. The molecule has 0 saturated carbocycles. The average Bonchev–Trinajstić information content (AvgIpc) is 3.26. The first-order chi connectivity index (χ1) is 18.9. The number of halogens is 2. The van der Waals surface area contributed by atoms with Gasteiger partial charge < -0.3 is 9.47 Å². The van der Waals surface area contributed by atoms with Crippen molar-refractivity contribution in [3.05, 3.63) is 129 Å². The van der Waals surface area contributed by atoms with E-state index < -0.39 is 12.0 Å². The van der Waals surface area contributed by atoms with Crippen LogP contribution in [0.1, 0.15) is 36.1 Å². The molecule has 9 heteroatoms. The van der Waals surface area contributed by atoms with Crippen LogP contribution in [0.3, 0.4) is 0 Å². The molecule has 0 bridgehead atoms.